The predicted molar refractivity (Wildman–Crippen MR) is 82.9 cm³/mol. The molecule has 1 N–H and O–H groups in total. The molecule has 19 heavy (non-hydrogen) atoms. The van der Waals surface area contributed by atoms with Gasteiger partial charge in [-0.15, -0.1) is 0 Å². The largest absolute Gasteiger partial charge is 0.313 e. The van der Waals surface area contributed by atoms with Crippen molar-refractivity contribution in [1.29, 1.82) is 0 Å². The minimum atomic E-state index is 0.232. The fourth-order valence-corrected chi connectivity index (χ4v) is 2.92. The highest BCUT2D eigenvalue weighted by Gasteiger charge is 2.13. The van der Waals surface area contributed by atoms with Crippen LogP contribution in [0.25, 0.3) is 11.5 Å². The summed E-state index contributed by atoms with van der Waals surface area (Å²) in [4.78, 5) is 13.3. The summed E-state index contributed by atoms with van der Waals surface area (Å²) in [5.74, 6) is 0.629. The summed E-state index contributed by atoms with van der Waals surface area (Å²) in [6.07, 6.45) is 3.60. The average molecular weight is 386 g/mol. The van der Waals surface area contributed by atoms with Gasteiger partial charge < -0.3 is 5.32 Å². The lowest BCUT2D eigenvalue weighted by atomic mass is 10.1. The first-order chi connectivity index (χ1) is 9.02. The molecule has 4 nitrogen and oxygen atoms in total. The summed E-state index contributed by atoms with van der Waals surface area (Å²) in [5, 5.41) is 3.19. The van der Waals surface area contributed by atoms with Gasteiger partial charge in [0.25, 0.3) is 0 Å². The summed E-state index contributed by atoms with van der Waals surface area (Å²) in [6, 6.07) is 2.17. The van der Waals surface area contributed by atoms with Crippen LogP contribution in [0.5, 0.6) is 0 Å². The number of rotatable bonds is 3. The predicted octanol–water partition coefficient (Wildman–Crippen LogP) is 3.65. The zero-order valence-corrected chi connectivity index (χ0v) is 14.1. The summed E-state index contributed by atoms with van der Waals surface area (Å²) >= 11 is 6.87. The number of pyridine rings is 1. The molecule has 0 bridgehead atoms. The number of hydrogen-bond donors (Lipinski definition) is 1. The normalized spacial score (nSPS) is 12.5. The Morgan fingerprint density at radius 1 is 1.21 bits per heavy atom. The molecule has 0 aliphatic heterocycles. The van der Waals surface area contributed by atoms with E-state index in [1.165, 1.54) is 0 Å². The first-order valence-electron chi connectivity index (χ1n) is 5.85. The van der Waals surface area contributed by atoms with E-state index in [0.717, 1.165) is 25.9 Å². The molecule has 0 saturated heterocycles. The number of nitrogens with zero attached hydrogens (tertiary/aromatic N) is 3. The summed E-state index contributed by atoms with van der Waals surface area (Å²) in [6.45, 7) is 4.07. The van der Waals surface area contributed by atoms with Crippen LogP contribution in [0.3, 0.4) is 0 Å². The van der Waals surface area contributed by atoms with Crippen LogP contribution in [0, 0.1) is 6.92 Å². The Hall–Kier alpha value is -0.850. The molecule has 0 aliphatic carbocycles. The van der Waals surface area contributed by atoms with Crippen LogP contribution in [0.4, 0.5) is 0 Å². The molecule has 2 aromatic rings. The van der Waals surface area contributed by atoms with Crippen molar-refractivity contribution in [1.82, 2.24) is 20.3 Å². The molecular formula is C13H14Br2N4. The highest BCUT2D eigenvalue weighted by molar-refractivity contribution is 9.11. The Morgan fingerprint density at radius 2 is 1.95 bits per heavy atom. The van der Waals surface area contributed by atoms with Crippen molar-refractivity contribution in [3.05, 3.63) is 38.7 Å². The number of aromatic nitrogens is 3. The number of aryl methyl sites for hydroxylation is 1. The molecule has 6 heteroatoms. The molecule has 0 aliphatic rings. The summed E-state index contributed by atoms with van der Waals surface area (Å²) in [7, 11) is 1.92. The third-order valence-corrected chi connectivity index (χ3v) is 3.97. The third-order valence-electron chi connectivity index (χ3n) is 2.94. The van der Waals surface area contributed by atoms with Gasteiger partial charge in [0.15, 0.2) is 5.82 Å². The van der Waals surface area contributed by atoms with Crippen LogP contribution in [0.15, 0.2) is 27.4 Å². The van der Waals surface area contributed by atoms with Crippen molar-refractivity contribution in [2.24, 2.45) is 0 Å². The lowest BCUT2D eigenvalue weighted by molar-refractivity contribution is 0.641. The van der Waals surface area contributed by atoms with Crippen LogP contribution < -0.4 is 5.32 Å². The Kier molecular flexibility index (Phi) is 4.65. The minimum absolute atomic E-state index is 0.232. The van der Waals surface area contributed by atoms with Crippen LogP contribution in [0.2, 0.25) is 0 Å². The molecule has 0 aromatic carbocycles. The van der Waals surface area contributed by atoms with Gasteiger partial charge in [0, 0.05) is 38.6 Å². The zero-order valence-electron chi connectivity index (χ0n) is 10.9. The highest BCUT2D eigenvalue weighted by Crippen LogP contribution is 2.27. The fraction of sp³-hybridized carbons (Fsp3) is 0.308. The fourth-order valence-electron chi connectivity index (χ4n) is 1.75. The van der Waals surface area contributed by atoms with E-state index in [9.17, 15) is 0 Å². The van der Waals surface area contributed by atoms with E-state index in [-0.39, 0.29) is 6.04 Å². The van der Waals surface area contributed by atoms with E-state index in [1.807, 2.05) is 26.2 Å². The van der Waals surface area contributed by atoms with E-state index < -0.39 is 0 Å². The molecule has 1 atom stereocenters. The van der Waals surface area contributed by atoms with Gasteiger partial charge in [-0.2, -0.15) is 0 Å². The number of nitrogens with one attached hydrogen (secondary N) is 1. The number of halogens is 2. The van der Waals surface area contributed by atoms with Crippen molar-refractivity contribution in [3.63, 3.8) is 0 Å². The maximum Gasteiger partial charge on any atom is 0.179 e. The second-order valence-electron chi connectivity index (χ2n) is 4.23. The molecule has 2 heterocycles. The maximum absolute atomic E-state index is 4.54. The average Bonchev–Trinajstić information content (AvgIpc) is 2.37. The molecule has 0 amide bonds. The van der Waals surface area contributed by atoms with Crippen LogP contribution in [-0.4, -0.2) is 22.0 Å². The van der Waals surface area contributed by atoms with Gasteiger partial charge in [0.2, 0.25) is 0 Å². The smallest absolute Gasteiger partial charge is 0.179 e. The Labute approximate surface area is 129 Å². The summed E-state index contributed by atoms with van der Waals surface area (Å²) < 4.78 is 1.79. The van der Waals surface area contributed by atoms with E-state index in [4.69, 9.17) is 0 Å². The van der Waals surface area contributed by atoms with E-state index in [0.29, 0.717) is 5.82 Å². The lowest BCUT2D eigenvalue weighted by Gasteiger charge is -2.13. The van der Waals surface area contributed by atoms with E-state index in [1.54, 1.807) is 6.20 Å². The van der Waals surface area contributed by atoms with Crippen molar-refractivity contribution in [2.75, 3.05) is 7.05 Å². The zero-order chi connectivity index (χ0) is 14.0. The number of hydrogen-bond acceptors (Lipinski definition) is 4. The van der Waals surface area contributed by atoms with Gasteiger partial charge in [-0.1, -0.05) is 0 Å². The SMILES string of the molecule is CNC(C)c1cnc(-c2ncc(Br)cc2Br)nc1C. The third kappa shape index (κ3) is 3.19. The van der Waals surface area contributed by atoms with Crippen molar-refractivity contribution >= 4 is 31.9 Å². The summed E-state index contributed by atoms with van der Waals surface area (Å²) in [5.41, 5.74) is 2.80. The van der Waals surface area contributed by atoms with Gasteiger partial charge in [0.1, 0.15) is 5.69 Å². The molecule has 2 aromatic heterocycles. The lowest BCUT2D eigenvalue weighted by Crippen LogP contribution is -2.15. The van der Waals surface area contributed by atoms with Gasteiger partial charge >= 0.3 is 0 Å². The Morgan fingerprint density at radius 3 is 2.53 bits per heavy atom. The van der Waals surface area contributed by atoms with E-state index in [2.05, 4.69) is 59.1 Å². The van der Waals surface area contributed by atoms with Gasteiger partial charge in [-0.05, 0) is 58.8 Å². The molecule has 0 spiro atoms. The Balaban J connectivity index is 2.44. The molecular weight excluding hydrogens is 372 g/mol. The topological polar surface area (TPSA) is 50.7 Å². The molecule has 1 unspecified atom stereocenters. The molecule has 0 fully saturated rings. The van der Waals surface area contributed by atoms with Crippen LogP contribution in [0.1, 0.15) is 24.2 Å². The van der Waals surface area contributed by atoms with Gasteiger partial charge in [-0.3, -0.25) is 4.98 Å². The van der Waals surface area contributed by atoms with Crippen molar-refractivity contribution in [2.45, 2.75) is 19.9 Å². The molecule has 0 saturated carbocycles. The maximum atomic E-state index is 4.54. The van der Waals surface area contributed by atoms with Crippen LogP contribution >= 0.6 is 31.9 Å². The first kappa shape index (κ1) is 14.6. The van der Waals surface area contributed by atoms with Gasteiger partial charge in [0.05, 0.1) is 0 Å². The van der Waals surface area contributed by atoms with Gasteiger partial charge in [-0.25, -0.2) is 9.97 Å². The second kappa shape index (κ2) is 6.07. The highest BCUT2D eigenvalue weighted by atomic mass is 79.9. The minimum Gasteiger partial charge on any atom is -0.313 e. The first-order valence-corrected chi connectivity index (χ1v) is 7.43. The standard InChI is InChI=1S/C13H14Br2N4/c1-7(16-3)10-6-18-13(19-8(10)2)12-11(15)4-9(14)5-17-12/h4-7,16H,1-3H3. The quantitative estimate of drug-likeness (QED) is 0.875. The van der Waals surface area contributed by atoms with Crippen LogP contribution in [-0.2, 0) is 0 Å². The monoisotopic (exact) mass is 384 g/mol. The Bertz CT molecular complexity index is 601. The van der Waals surface area contributed by atoms with Crippen molar-refractivity contribution < 1.29 is 0 Å². The van der Waals surface area contributed by atoms with Crippen molar-refractivity contribution in [3.8, 4) is 11.5 Å². The molecule has 2 rings (SSSR count). The molecule has 100 valence electrons. The molecule has 0 radical (unpaired) electrons. The van der Waals surface area contributed by atoms with E-state index >= 15 is 0 Å². The second-order valence-corrected chi connectivity index (χ2v) is 6.00.